The molecule has 0 aliphatic carbocycles. The van der Waals surface area contributed by atoms with Gasteiger partial charge in [0, 0.05) is 0 Å². The Morgan fingerprint density at radius 2 is 0.455 bits per heavy atom. The maximum atomic E-state index is 8.58. The summed E-state index contributed by atoms with van der Waals surface area (Å²) in [4.78, 5) is 0. The molecule has 0 radical (unpaired) electrons. The minimum Gasteiger partial charge on any atom is -0.264 e. The summed E-state index contributed by atoms with van der Waals surface area (Å²) in [5, 5.41) is 0. The van der Waals surface area contributed by atoms with Crippen molar-refractivity contribution in [3.8, 4) is 0 Å². The Bertz CT molecular complexity index is 55.1. The molecule has 0 aliphatic heterocycles. The molecule has 0 aromatic rings. The van der Waals surface area contributed by atoms with Gasteiger partial charge in [-0.3, -0.25) is 33.6 Å². The zero-order valence-electron chi connectivity index (χ0n) is 4.38. The smallest absolute Gasteiger partial charge is 0.264 e. The molecule has 0 bridgehead atoms. The van der Waals surface area contributed by atoms with Crippen LogP contribution < -0.4 is 33.6 Å². The van der Waals surface area contributed by atoms with E-state index in [2.05, 4.69) is 0 Å². The van der Waals surface area contributed by atoms with E-state index in [1.165, 1.54) is 0 Å². The minimum atomic E-state index is -5.62. The molecule has 0 atom stereocenters. The first-order chi connectivity index (χ1) is 4.00. The Balaban J connectivity index is -0.000000107. The van der Waals surface area contributed by atoms with Crippen molar-refractivity contribution in [1.82, 2.24) is 0 Å². The summed E-state index contributed by atoms with van der Waals surface area (Å²) in [6, 6.07) is 0. The number of hydrogen-bond acceptors (Lipinski definition) is 8. The standard InChI is InChI=1S/2BrO4.Fe/c2*2-1(3,4)5;/q2*-1;+2. The average molecular weight is 344 g/mol. The Morgan fingerprint density at radius 3 is 0.455 bits per heavy atom. The Kier molecular flexibility index (Phi) is 10.9. The van der Waals surface area contributed by atoms with Crippen molar-refractivity contribution in [3.63, 3.8) is 0 Å². The van der Waals surface area contributed by atoms with E-state index in [-0.39, 0.29) is 17.1 Å². The van der Waals surface area contributed by atoms with Gasteiger partial charge in [-0.05, 0) is 0 Å². The van der Waals surface area contributed by atoms with Gasteiger partial charge in [0.05, 0.1) is 28.2 Å². The predicted octanol–water partition coefficient (Wildman–Crippen LogP) is -9.51. The van der Waals surface area contributed by atoms with Gasteiger partial charge in [0.1, 0.15) is 0 Å². The molecule has 0 aromatic carbocycles. The van der Waals surface area contributed by atoms with Crippen molar-refractivity contribution < 1.29 is 78.8 Å². The summed E-state index contributed by atoms with van der Waals surface area (Å²) in [5.41, 5.74) is 0. The summed E-state index contributed by atoms with van der Waals surface area (Å²) in [7, 11) is 0. The van der Waals surface area contributed by atoms with E-state index < -0.39 is 28.2 Å². The topological polar surface area (TPSA) is 184 Å². The van der Waals surface area contributed by atoms with Gasteiger partial charge in [-0.25, -0.2) is 0 Å². The monoisotopic (exact) mass is 342 g/mol. The van der Waals surface area contributed by atoms with Gasteiger partial charge in [0.2, 0.25) is 0 Å². The fourth-order valence-corrected chi connectivity index (χ4v) is 0. The maximum Gasteiger partial charge on any atom is 2.00 e. The normalized spacial score (nSPS) is 10.9. The van der Waals surface area contributed by atoms with Crippen LogP contribution in [-0.2, 0) is 17.1 Å². The second-order valence-electron chi connectivity index (χ2n) is 0.756. The second kappa shape index (κ2) is 6.65. The number of halogens is 2. The van der Waals surface area contributed by atoms with Crippen LogP contribution in [0.3, 0.4) is 0 Å². The molecule has 0 aromatic heterocycles. The van der Waals surface area contributed by atoms with Crippen LogP contribution in [0.15, 0.2) is 0 Å². The minimum absolute atomic E-state index is 0. The fraction of sp³-hybridized carbons (Fsp3) is 0. The largest absolute Gasteiger partial charge is 2.00 e. The molecule has 70 valence electrons. The molecular formula is Br2FeO8. The van der Waals surface area contributed by atoms with Crippen molar-refractivity contribution in [3.05, 3.63) is 0 Å². The molecule has 11 heteroatoms. The fourth-order valence-electron chi connectivity index (χ4n) is 0. The van der Waals surface area contributed by atoms with E-state index in [4.69, 9.17) is 33.6 Å². The van der Waals surface area contributed by atoms with Crippen LogP contribution in [0.5, 0.6) is 0 Å². The Hall–Kier alpha value is 1.16. The average Bonchev–Trinajstić information content (AvgIpc) is 1.12. The van der Waals surface area contributed by atoms with Crippen molar-refractivity contribution in [2.75, 3.05) is 0 Å². The third-order valence-electron chi connectivity index (χ3n) is 0. The zero-order valence-corrected chi connectivity index (χ0v) is 8.65. The van der Waals surface area contributed by atoms with E-state index in [1.807, 2.05) is 0 Å². The summed E-state index contributed by atoms with van der Waals surface area (Å²) in [6.45, 7) is 0. The molecule has 0 spiro atoms. The van der Waals surface area contributed by atoms with E-state index in [0.717, 1.165) is 0 Å². The quantitative estimate of drug-likeness (QED) is 0.388. The van der Waals surface area contributed by atoms with E-state index in [1.54, 1.807) is 0 Å². The third kappa shape index (κ3) is 696. The van der Waals surface area contributed by atoms with E-state index in [0.29, 0.717) is 0 Å². The van der Waals surface area contributed by atoms with Crippen molar-refractivity contribution in [2.24, 2.45) is 0 Å². The Labute approximate surface area is 78.8 Å². The molecule has 11 heavy (non-hydrogen) atoms. The molecule has 0 rings (SSSR count). The van der Waals surface area contributed by atoms with Crippen molar-refractivity contribution in [2.45, 2.75) is 0 Å². The van der Waals surface area contributed by atoms with Gasteiger partial charge >= 0.3 is 17.1 Å². The van der Waals surface area contributed by atoms with Crippen LogP contribution in [-0.4, -0.2) is 0 Å². The molecule has 0 heterocycles. The van der Waals surface area contributed by atoms with Gasteiger partial charge in [-0.15, -0.1) is 0 Å². The molecule has 0 amide bonds. The van der Waals surface area contributed by atoms with Crippen LogP contribution in [0, 0.1) is 28.2 Å². The molecule has 0 fully saturated rings. The van der Waals surface area contributed by atoms with Crippen LogP contribution in [0.4, 0.5) is 0 Å². The van der Waals surface area contributed by atoms with Gasteiger partial charge in [-0.2, -0.15) is 0 Å². The summed E-state index contributed by atoms with van der Waals surface area (Å²) >= 11 is -11.2. The van der Waals surface area contributed by atoms with Gasteiger partial charge in [0.25, 0.3) is 0 Å². The molecule has 0 saturated carbocycles. The maximum absolute atomic E-state index is 8.58. The molecule has 0 unspecified atom stereocenters. The Morgan fingerprint density at radius 1 is 0.455 bits per heavy atom. The first kappa shape index (κ1) is 18.0. The zero-order chi connectivity index (χ0) is 9.00. The molecular weight excluding hydrogens is 344 g/mol. The molecule has 0 aliphatic rings. The summed E-state index contributed by atoms with van der Waals surface area (Å²) in [5.74, 6) is 0. The van der Waals surface area contributed by atoms with Crippen LogP contribution in [0.25, 0.3) is 0 Å². The van der Waals surface area contributed by atoms with Crippen molar-refractivity contribution in [1.29, 1.82) is 0 Å². The molecule has 0 saturated heterocycles. The molecule has 8 nitrogen and oxygen atoms in total. The van der Waals surface area contributed by atoms with Crippen LogP contribution >= 0.6 is 0 Å². The summed E-state index contributed by atoms with van der Waals surface area (Å²) in [6.07, 6.45) is 0. The van der Waals surface area contributed by atoms with Gasteiger partial charge in [0.15, 0.2) is 0 Å². The van der Waals surface area contributed by atoms with E-state index >= 15 is 0 Å². The van der Waals surface area contributed by atoms with Gasteiger partial charge < -0.3 is 0 Å². The SMILES string of the molecule is [Fe+2].[O-][Br+3]([O-])([O-])[O-].[O-][Br+3]([O-])([O-])[O-]. The number of rotatable bonds is 0. The predicted molar refractivity (Wildman–Crippen MR) is 0 cm³/mol. The van der Waals surface area contributed by atoms with E-state index in [9.17, 15) is 0 Å². The van der Waals surface area contributed by atoms with Gasteiger partial charge in [-0.1, -0.05) is 0 Å². The first-order valence-electron chi connectivity index (χ1n) is 1.23. The first-order valence-corrected chi connectivity index (χ1v) is 6.41. The van der Waals surface area contributed by atoms with Crippen LogP contribution in [0.1, 0.15) is 0 Å². The van der Waals surface area contributed by atoms with Crippen LogP contribution in [0.2, 0.25) is 0 Å². The second-order valence-corrected chi connectivity index (χ2v) is 3.93. The third-order valence-corrected chi connectivity index (χ3v) is 0. The number of hydrogen-bond donors (Lipinski definition) is 0. The summed E-state index contributed by atoms with van der Waals surface area (Å²) < 4.78 is 68.6. The molecule has 0 N–H and O–H groups in total. The van der Waals surface area contributed by atoms with Crippen molar-refractivity contribution >= 4 is 0 Å².